The average molecular weight is 243 g/mol. The van der Waals surface area contributed by atoms with Gasteiger partial charge in [-0.15, -0.1) is 0 Å². The average Bonchev–Trinajstić information content (AvgIpc) is 2.25. The van der Waals surface area contributed by atoms with Crippen LogP contribution in [0.1, 0.15) is 47.5 Å². The van der Waals surface area contributed by atoms with Crippen molar-refractivity contribution in [1.29, 1.82) is 0 Å². The fourth-order valence-electron chi connectivity index (χ4n) is 1.58. The number of carbonyl (C=O) groups excluding carboxylic acids is 1. The Morgan fingerprint density at radius 2 is 1.82 bits per heavy atom. The summed E-state index contributed by atoms with van der Waals surface area (Å²) in [4.78, 5) is 13.8. The number of nitrogens with one attached hydrogen (secondary N) is 1. The van der Waals surface area contributed by atoms with Gasteiger partial charge in [-0.1, -0.05) is 13.8 Å². The number of primary amides is 1. The fourth-order valence-corrected chi connectivity index (χ4v) is 1.58. The van der Waals surface area contributed by atoms with Crippen molar-refractivity contribution < 1.29 is 4.79 Å². The Morgan fingerprint density at radius 3 is 2.18 bits per heavy atom. The maximum Gasteiger partial charge on any atom is 0.238 e. The lowest BCUT2D eigenvalue weighted by Crippen LogP contribution is -2.61. The smallest absolute Gasteiger partial charge is 0.238 e. The maximum absolute atomic E-state index is 11.6. The van der Waals surface area contributed by atoms with E-state index in [0.717, 1.165) is 19.4 Å². The fraction of sp³-hybridized carbons (Fsp3) is 0.923. The Morgan fingerprint density at radius 1 is 1.29 bits per heavy atom. The number of hydrogen-bond donors (Lipinski definition) is 2. The molecule has 4 nitrogen and oxygen atoms in total. The summed E-state index contributed by atoms with van der Waals surface area (Å²) in [5.74, 6) is -0.287. The summed E-state index contributed by atoms with van der Waals surface area (Å²) in [7, 11) is 2.04. The molecule has 4 heteroatoms. The highest BCUT2D eigenvalue weighted by molar-refractivity contribution is 5.84. The van der Waals surface area contributed by atoms with Crippen molar-refractivity contribution in [3.05, 3.63) is 0 Å². The van der Waals surface area contributed by atoms with E-state index in [1.54, 1.807) is 0 Å². The molecule has 0 heterocycles. The van der Waals surface area contributed by atoms with Gasteiger partial charge < -0.3 is 11.1 Å². The zero-order chi connectivity index (χ0) is 13.7. The molecule has 1 atom stereocenters. The third kappa shape index (κ3) is 4.64. The highest BCUT2D eigenvalue weighted by atomic mass is 16.1. The van der Waals surface area contributed by atoms with E-state index in [0.29, 0.717) is 6.54 Å². The Hall–Kier alpha value is -0.610. The summed E-state index contributed by atoms with van der Waals surface area (Å²) in [6, 6.07) is 0. The molecular weight excluding hydrogens is 214 g/mol. The van der Waals surface area contributed by atoms with Gasteiger partial charge in [-0.25, -0.2) is 0 Å². The van der Waals surface area contributed by atoms with Crippen LogP contribution in [-0.4, -0.2) is 42.0 Å². The molecule has 0 saturated heterocycles. The molecule has 0 aliphatic carbocycles. The standard InChI is InChI=1S/C13H29N3O/c1-7-9-15-13(5,11(14)17)10-16(6)12(3,4)8-2/h15H,7-10H2,1-6H3,(H2,14,17). The molecule has 0 aliphatic heterocycles. The zero-order valence-electron chi connectivity index (χ0n) is 12.3. The van der Waals surface area contributed by atoms with Crippen LogP contribution < -0.4 is 11.1 Å². The van der Waals surface area contributed by atoms with Gasteiger partial charge in [0.2, 0.25) is 5.91 Å². The van der Waals surface area contributed by atoms with Gasteiger partial charge in [0.15, 0.2) is 0 Å². The van der Waals surface area contributed by atoms with E-state index >= 15 is 0 Å². The number of hydrogen-bond acceptors (Lipinski definition) is 3. The summed E-state index contributed by atoms with van der Waals surface area (Å²) in [5, 5.41) is 3.26. The molecule has 17 heavy (non-hydrogen) atoms. The minimum atomic E-state index is -0.656. The number of nitrogens with zero attached hydrogens (tertiary/aromatic N) is 1. The number of rotatable bonds is 8. The summed E-state index contributed by atoms with van der Waals surface area (Å²) in [5.41, 5.74) is 4.94. The van der Waals surface area contributed by atoms with Crippen molar-refractivity contribution in [3.63, 3.8) is 0 Å². The molecule has 0 bridgehead atoms. The van der Waals surface area contributed by atoms with E-state index in [9.17, 15) is 4.79 Å². The van der Waals surface area contributed by atoms with E-state index < -0.39 is 5.54 Å². The van der Waals surface area contributed by atoms with Gasteiger partial charge in [0.1, 0.15) is 5.54 Å². The van der Waals surface area contributed by atoms with Crippen molar-refractivity contribution in [2.24, 2.45) is 5.73 Å². The zero-order valence-corrected chi connectivity index (χ0v) is 12.3. The monoisotopic (exact) mass is 243 g/mol. The minimum absolute atomic E-state index is 0.0740. The Bertz CT molecular complexity index is 253. The summed E-state index contributed by atoms with van der Waals surface area (Å²) < 4.78 is 0. The van der Waals surface area contributed by atoms with Crippen molar-refractivity contribution >= 4 is 5.91 Å². The van der Waals surface area contributed by atoms with Gasteiger partial charge in [-0.3, -0.25) is 9.69 Å². The molecule has 0 aromatic heterocycles. The number of carbonyl (C=O) groups is 1. The molecule has 0 aliphatic rings. The van der Waals surface area contributed by atoms with Crippen LogP contribution in [-0.2, 0) is 4.79 Å². The second-order valence-electron chi connectivity index (χ2n) is 5.65. The van der Waals surface area contributed by atoms with Gasteiger partial charge in [0.05, 0.1) is 0 Å². The van der Waals surface area contributed by atoms with Gasteiger partial charge in [0.25, 0.3) is 0 Å². The van der Waals surface area contributed by atoms with Crippen LogP contribution in [0.5, 0.6) is 0 Å². The van der Waals surface area contributed by atoms with Crippen molar-refractivity contribution in [2.75, 3.05) is 20.1 Å². The summed E-state index contributed by atoms with van der Waals surface area (Å²) >= 11 is 0. The van der Waals surface area contributed by atoms with E-state index in [4.69, 9.17) is 5.73 Å². The van der Waals surface area contributed by atoms with E-state index in [-0.39, 0.29) is 11.4 Å². The summed E-state index contributed by atoms with van der Waals surface area (Å²) in [6.07, 6.45) is 2.02. The highest BCUT2D eigenvalue weighted by Crippen LogP contribution is 2.19. The summed E-state index contributed by atoms with van der Waals surface area (Å²) in [6.45, 7) is 11.9. The van der Waals surface area contributed by atoms with Gasteiger partial charge >= 0.3 is 0 Å². The molecule has 3 N–H and O–H groups in total. The van der Waals surface area contributed by atoms with Crippen molar-refractivity contribution in [1.82, 2.24) is 10.2 Å². The lowest BCUT2D eigenvalue weighted by molar-refractivity contribution is -0.125. The minimum Gasteiger partial charge on any atom is -0.368 e. The largest absolute Gasteiger partial charge is 0.368 e. The van der Waals surface area contributed by atoms with E-state index in [1.807, 2.05) is 14.0 Å². The van der Waals surface area contributed by atoms with Crippen molar-refractivity contribution in [2.45, 2.75) is 58.5 Å². The molecule has 102 valence electrons. The molecule has 0 rings (SSSR count). The van der Waals surface area contributed by atoms with Gasteiger partial charge in [-0.2, -0.15) is 0 Å². The Labute approximate surface area is 106 Å². The second kappa shape index (κ2) is 6.36. The maximum atomic E-state index is 11.6. The van der Waals surface area contributed by atoms with Crippen LogP contribution in [0.4, 0.5) is 0 Å². The normalized spacial score (nSPS) is 15.9. The molecule has 1 amide bonds. The molecule has 1 unspecified atom stereocenters. The third-order valence-electron chi connectivity index (χ3n) is 3.76. The molecule has 0 saturated carbocycles. The quantitative estimate of drug-likeness (QED) is 0.676. The molecule has 0 aromatic rings. The van der Waals surface area contributed by atoms with Crippen LogP contribution >= 0.6 is 0 Å². The first-order chi connectivity index (χ1) is 7.69. The van der Waals surface area contributed by atoms with Gasteiger partial charge in [0, 0.05) is 12.1 Å². The molecule has 0 aromatic carbocycles. The Balaban J connectivity index is 4.70. The molecular formula is C13H29N3O. The van der Waals surface area contributed by atoms with Crippen LogP contribution in [0.15, 0.2) is 0 Å². The Kier molecular flexibility index (Phi) is 6.13. The third-order valence-corrected chi connectivity index (χ3v) is 3.76. The first kappa shape index (κ1) is 16.4. The predicted octanol–water partition coefficient (Wildman–Crippen LogP) is 1.35. The molecule has 0 radical (unpaired) electrons. The number of likely N-dealkylation sites (N-methyl/N-ethyl adjacent to an activating group) is 1. The van der Waals surface area contributed by atoms with Crippen LogP contribution in [0.25, 0.3) is 0 Å². The van der Waals surface area contributed by atoms with Gasteiger partial charge in [-0.05, 0) is 47.2 Å². The predicted molar refractivity (Wildman–Crippen MR) is 72.9 cm³/mol. The molecule has 0 spiro atoms. The second-order valence-corrected chi connectivity index (χ2v) is 5.65. The first-order valence-electron chi connectivity index (χ1n) is 6.45. The highest BCUT2D eigenvalue weighted by Gasteiger charge is 2.35. The van der Waals surface area contributed by atoms with Crippen LogP contribution in [0, 0.1) is 0 Å². The van der Waals surface area contributed by atoms with Crippen LogP contribution in [0.2, 0.25) is 0 Å². The van der Waals surface area contributed by atoms with E-state index in [2.05, 4.69) is 37.9 Å². The van der Waals surface area contributed by atoms with Crippen molar-refractivity contribution in [3.8, 4) is 0 Å². The molecule has 0 fully saturated rings. The lowest BCUT2D eigenvalue weighted by Gasteiger charge is -2.40. The number of nitrogens with two attached hydrogens (primary N) is 1. The van der Waals surface area contributed by atoms with Crippen LogP contribution in [0.3, 0.4) is 0 Å². The lowest BCUT2D eigenvalue weighted by atomic mass is 9.94. The van der Waals surface area contributed by atoms with E-state index in [1.165, 1.54) is 0 Å². The first-order valence-corrected chi connectivity index (χ1v) is 6.45. The number of amides is 1. The SMILES string of the molecule is CCCNC(C)(CN(C)C(C)(C)CC)C(N)=O. The topological polar surface area (TPSA) is 58.4 Å².